The van der Waals surface area contributed by atoms with Crippen LogP contribution >= 0.6 is 0 Å². The number of aromatic nitrogens is 6. The summed E-state index contributed by atoms with van der Waals surface area (Å²) in [4.78, 5) is 22.1. The average Bonchev–Trinajstić information content (AvgIpc) is 3.48. The number of anilines is 2. The van der Waals surface area contributed by atoms with Crippen molar-refractivity contribution in [3.8, 4) is 11.3 Å². The number of carbonyl (C=O) groups excluding carboxylic acids is 1. The Hall–Kier alpha value is -5.38. The van der Waals surface area contributed by atoms with Gasteiger partial charge in [0.15, 0.2) is 5.82 Å². The van der Waals surface area contributed by atoms with E-state index in [4.69, 9.17) is 14.7 Å². The van der Waals surface area contributed by atoms with Crippen molar-refractivity contribution in [3.05, 3.63) is 108 Å². The summed E-state index contributed by atoms with van der Waals surface area (Å²) in [7, 11) is 0. The molecule has 10 nitrogen and oxygen atoms in total. The van der Waals surface area contributed by atoms with Gasteiger partial charge in [0.2, 0.25) is 5.65 Å². The second-order valence-corrected chi connectivity index (χ2v) is 8.71. The normalized spacial score (nSPS) is 11.1. The highest BCUT2D eigenvalue weighted by Gasteiger charge is 2.22. The molecule has 1 amide bonds. The third-order valence-electron chi connectivity index (χ3n) is 6.21. The number of ether oxygens (including phenoxy) is 1. The Labute approximate surface area is 223 Å². The van der Waals surface area contributed by atoms with E-state index in [1.54, 1.807) is 17.5 Å². The van der Waals surface area contributed by atoms with Gasteiger partial charge in [-0.15, -0.1) is 5.10 Å². The van der Waals surface area contributed by atoms with E-state index in [1.807, 2.05) is 66.7 Å². The largest absolute Gasteiger partial charge is 0.450 e. The highest BCUT2D eigenvalue weighted by molar-refractivity contribution is 5.95. The molecule has 0 unspecified atom stereocenters. The van der Waals surface area contributed by atoms with E-state index in [0.717, 1.165) is 16.7 Å². The molecule has 0 saturated heterocycles. The minimum Gasteiger partial charge on any atom is -0.450 e. The lowest BCUT2D eigenvalue weighted by Gasteiger charge is -2.22. The number of pyridine rings is 1. The van der Waals surface area contributed by atoms with Crippen LogP contribution in [-0.4, -0.2) is 42.7 Å². The van der Waals surface area contributed by atoms with E-state index in [0.29, 0.717) is 28.2 Å². The van der Waals surface area contributed by atoms with Gasteiger partial charge in [0.05, 0.1) is 12.6 Å². The smallest absolute Gasteiger partial charge is 0.412 e. The molecule has 10 heteroatoms. The zero-order valence-electron chi connectivity index (χ0n) is 21.0. The number of rotatable bonds is 7. The summed E-state index contributed by atoms with van der Waals surface area (Å²) < 4.78 is 6.70. The third kappa shape index (κ3) is 4.82. The maximum Gasteiger partial charge on any atom is 0.412 e. The van der Waals surface area contributed by atoms with Crippen molar-refractivity contribution in [2.24, 2.45) is 0 Å². The summed E-state index contributed by atoms with van der Waals surface area (Å²) in [5, 5.41) is 18.7. The number of benzene rings is 3. The molecule has 0 fully saturated rings. The molecule has 0 bridgehead atoms. The van der Waals surface area contributed by atoms with Crippen molar-refractivity contribution in [2.45, 2.75) is 13.0 Å². The predicted octanol–water partition coefficient (Wildman–Crippen LogP) is 5.50. The van der Waals surface area contributed by atoms with Crippen LogP contribution in [0.4, 0.5) is 16.4 Å². The molecule has 0 aliphatic heterocycles. The van der Waals surface area contributed by atoms with Crippen molar-refractivity contribution in [3.63, 3.8) is 0 Å². The standard InChI is InChI=1S/C29H24N8O2/c1-2-39-29(38)31-23-18-22-26(32-25(21-16-10-5-11-17-21)28-34-35-36-37(22)28)27(30-23)33-24(19-12-6-3-7-13-19)20-14-8-4-9-15-20/h3-18,24H,2H2,1H3,(H2,30,31,33,38). The predicted molar refractivity (Wildman–Crippen MR) is 148 cm³/mol. The molecule has 192 valence electrons. The summed E-state index contributed by atoms with van der Waals surface area (Å²) >= 11 is 0. The Balaban J connectivity index is 1.58. The Morgan fingerprint density at radius 3 is 2.18 bits per heavy atom. The van der Waals surface area contributed by atoms with E-state index in [9.17, 15) is 4.79 Å². The van der Waals surface area contributed by atoms with Gasteiger partial charge < -0.3 is 10.1 Å². The lowest BCUT2D eigenvalue weighted by Crippen LogP contribution is -2.17. The van der Waals surface area contributed by atoms with Gasteiger partial charge >= 0.3 is 6.09 Å². The summed E-state index contributed by atoms with van der Waals surface area (Å²) in [6.07, 6.45) is -0.611. The van der Waals surface area contributed by atoms with Crippen LogP contribution in [-0.2, 0) is 4.74 Å². The van der Waals surface area contributed by atoms with Gasteiger partial charge in [-0.3, -0.25) is 5.32 Å². The van der Waals surface area contributed by atoms with Crippen LogP contribution in [0, 0.1) is 0 Å². The fourth-order valence-corrected chi connectivity index (χ4v) is 4.47. The highest BCUT2D eigenvalue weighted by Crippen LogP contribution is 2.33. The fraction of sp³-hybridized carbons (Fsp3) is 0.103. The Bertz CT molecular complexity index is 1700. The number of fused-ring (bicyclic) bond motifs is 3. The van der Waals surface area contributed by atoms with E-state index in [1.165, 1.54) is 0 Å². The molecule has 6 rings (SSSR count). The van der Waals surface area contributed by atoms with Crippen LogP contribution < -0.4 is 10.6 Å². The van der Waals surface area contributed by atoms with Crippen LogP contribution in [0.25, 0.3) is 27.9 Å². The molecule has 3 aromatic carbocycles. The first kappa shape index (κ1) is 24.0. The molecule has 3 aromatic heterocycles. The van der Waals surface area contributed by atoms with Crippen LogP contribution in [0.2, 0.25) is 0 Å². The Morgan fingerprint density at radius 1 is 0.897 bits per heavy atom. The van der Waals surface area contributed by atoms with Crippen molar-refractivity contribution in [2.75, 3.05) is 17.2 Å². The van der Waals surface area contributed by atoms with Crippen molar-refractivity contribution >= 4 is 34.4 Å². The zero-order valence-corrected chi connectivity index (χ0v) is 21.0. The number of carbonyl (C=O) groups is 1. The van der Waals surface area contributed by atoms with E-state index >= 15 is 0 Å². The second-order valence-electron chi connectivity index (χ2n) is 8.71. The van der Waals surface area contributed by atoms with Crippen LogP contribution in [0.15, 0.2) is 97.1 Å². The fourth-order valence-electron chi connectivity index (χ4n) is 4.47. The zero-order chi connectivity index (χ0) is 26.6. The van der Waals surface area contributed by atoms with Crippen LogP contribution in [0.1, 0.15) is 24.1 Å². The van der Waals surface area contributed by atoms with Crippen molar-refractivity contribution < 1.29 is 9.53 Å². The molecule has 3 heterocycles. The quantitative estimate of drug-likeness (QED) is 0.285. The summed E-state index contributed by atoms with van der Waals surface area (Å²) in [6.45, 7) is 1.97. The van der Waals surface area contributed by atoms with Gasteiger partial charge in [-0.2, -0.15) is 4.52 Å². The molecule has 39 heavy (non-hydrogen) atoms. The lowest BCUT2D eigenvalue weighted by atomic mass is 9.98. The summed E-state index contributed by atoms with van der Waals surface area (Å²) in [5.74, 6) is 0.723. The van der Waals surface area contributed by atoms with Gasteiger partial charge in [0.1, 0.15) is 22.5 Å². The number of hydrogen-bond acceptors (Lipinski definition) is 8. The highest BCUT2D eigenvalue weighted by atomic mass is 16.5. The maximum absolute atomic E-state index is 12.3. The van der Waals surface area contributed by atoms with Gasteiger partial charge in [-0.1, -0.05) is 91.0 Å². The number of nitrogens with one attached hydrogen (secondary N) is 2. The molecule has 0 aliphatic carbocycles. The number of nitrogens with zero attached hydrogens (tertiary/aromatic N) is 6. The van der Waals surface area contributed by atoms with Gasteiger partial charge in [-0.25, -0.2) is 14.8 Å². The van der Waals surface area contributed by atoms with E-state index < -0.39 is 6.09 Å². The molecule has 0 aliphatic rings. The Morgan fingerprint density at radius 2 is 1.54 bits per heavy atom. The summed E-state index contributed by atoms with van der Waals surface area (Å²) in [6, 6.07) is 31.3. The number of tetrazole rings is 1. The summed E-state index contributed by atoms with van der Waals surface area (Å²) in [5.41, 5.74) is 5.14. The molecule has 6 aromatic rings. The lowest BCUT2D eigenvalue weighted by molar-refractivity contribution is 0.168. The molecule has 0 spiro atoms. The number of hydrogen-bond donors (Lipinski definition) is 2. The monoisotopic (exact) mass is 516 g/mol. The first-order valence-corrected chi connectivity index (χ1v) is 12.5. The number of amides is 1. The van der Waals surface area contributed by atoms with Gasteiger partial charge in [0, 0.05) is 11.6 Å². The minimum atomic E-state index is -0.611. The maximum atomic E-state index is 12.3. The van der Waals surface area contributed by atoms with Crippen molar-refractivity contribution in [1.29, 1.82) is 0 Å². The Kier molecular flexibility index (Phi) is 6.48. The molecule has 0 atom stereocenters. The van der Waals surface area contributed by atoms with Crippen LogP contribution in [0.3, 0.4) is 0 Å². The van der Waals surface area contributed by atoms with Gasteiger partial charge in [0.25, 0.3) is 0 Å². The van der Waals surface area contributed by atoms with Gasteiger partial charge in [-0.05, 0) is 28.5 Å². The van der Waals surface area contributed by atoms with E-state index in [-0.39, 0.29) is 18.5 Å². The van der Waals surface area contributed by atoms with Crippen LogP contribution in [0.5, 0.6) is 0 Å². The average molecular weight is 517 g/mol. The molecular formula is C29H24N8O2. The SMILES string of the molecule is CCOC(=O)Nc1cc2c(nc(-c3ccccc3)c3nnnn32)c(NC(c2ccccc2)c2ccccc2)n1. The second kappa shape index (κ2) is 10.5. The molecule has 2 N–H and O–H groups in total. The minimum absolute atomic E-state index is 0.230. The molecule has 0 saturated carbocycles. The molecular weight excluding hydrogens is 492 g/mol. The third-order valence-corrected chi connectivity index (χ3v) is 6.21. The first-order valence-electron chi connectivity index (χ1n) is 12.5. The molecule has 0 radical (unpaired) electrons. The topological polar surface area (TPSA) is 119 Å². The van der Waals surface area contributed by atoms with Crippen molar-refractivity contribution in [1.82, 2.24) is 30.0 Å². The first-order chi connectivity index (χ1) is 19.2. The van der Waals surface area contributed by atoms with E-state index in [2.05, 4.69) is 50.4 Å².